The summed E-state index contributed by atoms with van der Waals surface area (Å²) in [6, 6.07) is 75.9. The number of hydrogen-bond donors (Lipinski definition) is 0. The van der Waals surface area contributed by atoms with E-state index in [1.54, 1.807) is 11.3 Å². The third-order valence-corrected chi connectivity index (χ3v) is 13.2. The van der Waals surface area contributed by atoms with E-state index in [1.807, 2.05) is 18.2 Å². The van der Waals surface area contributed by atoms with Crippen LogP contribution in [0.5, 0.6) is 0 Å². The molecule has 0 bridgehead atoms. The van der Waals surface area contributed by atoms with Crippen molar-refractivity contribution < 1.29 is 0 Å². The second-order valence-corrected chi connectivity index (χ2v) is 16.5. The van der Waals surface area contributed by atoms with Gasteiger partial charge in [-0.05, 0) is 77.8 Å². The van der Waals surface area contributed by atoms with Gasteiger partial charge in [0.05, 0.1) is 0 Å². The summed E-state index contributed by atoms with van der Waals surface area (Å²) in [6.45, 7) is 0. The van der Waals surface area contributed by atoms with Crippen LogP contribution in [0.1, 0.15) is 0 Å². The average molecular weight is 794 g/mol. The lowest BCUT2D eigenvalue weighted by molar-refractivity contribution is 1.08. The maximum absolute atomic E-state index is 5.46. The van der Waals surface area contributed by atoms with Crippen LogP contribution < -0.4 is 0 Å². The predicted octanol–water partition coefficient (Wildman–Crippen LogP) is 15.7. The van der Waals surface area contributed by atoms with Crippen LogP contribution in [0.3, 0.4) is 0 Å². The number of rotatable bonds is 6. The van der Waals surface area contributed by atoms with Crippen LogP contribution in [0.2, 0.25) is 0 Å². The molecule has 0 unspecified atom stereocenters. The molecule has 0 aliphatic heterocycles. The first-order chi connectivity index (χ1) is 30.3. The predicted molar refractivity (Wildman–Crippen MR) is 258 cm³/mol. The van der Waals surface area contributed by atoms with Gasteiger partial charge >= 0.3 is 0 Å². The smallest absolute Gasteiger partial charge is 0.165 e. The van der Waals surface area contributed by atoms with Gasteiger partial charge in [-0.2, -0.15) is 0 Å². The number of benzene rings is 10. The third-order valence-electron chi connectivity index (χ3n) is 12.0. The molecule has 2 aromatic heterocycles. The van der Waals surface area contributed by atoms with E-state index in [0.29, 0.717) is 17.5 Å². The van der Waals surface area contributed by atoms with Gasteiger partial charge in [-0.1, -0.05) is 200 Å². The van der Waals surface area contributed by atoms with Gasteiger partial charge < -0.3 is 0 Å². The molecule has 61 heavy (non-hydrogen) atoms. The van der Waals surface area contributed by atoms with Crippen molar-refractivity contribution in [3.63, 3.8) is 0 Å². The van der Waals surface area contributed by atoms with Crippen molar-refractivity contribution in [1.82, 2.24) is 15.0 Å². The van der Waals surface area contributed by atoms with Crippen LogP contribution >= 0.6 is 11.3 Å². The monoisotopic (exact) mass is 793 g/mol. The summed E-state index contributed by atoms with van der Waals surface area (Å²) in [5.74, 6) is 1.94. The van der Waals surface area contributed by atoms with E-state index < -0.39 is 0 Å². The largest absolute Gasteiger partial charge is 0.208 e. The number of fused-ring (bicyclic) bond motifs is 6. The summed E-state index contributed by atoms with van der Waals surface area (Å²) in [4.78, 5) is 16.1. The SMILES string of the molecule is c1ccc(-c2nc(-c3c(-c4ccc(-c5c(-c6ccccc6)ccc6ccccc56)c5ccccc45)ccc4ccccc34)nc(-c3cccc4c3sc3ccccc34)n2)cc1. The minimum absolute atomic E-state index is 0.641. The van der Waals surface area contributed by atoms with Crippen LogP contribution in [0.25, 0.3) is 120 Å². The summed E-state index contributed by atoms with van der Waals surface area (Å²) in [5, 5.41) is 9.46. The van der Waals surface area contributed by atoms with E-state index in [-0.39, 0.29) is 0 Å². The van der Waals surface area contributed by atoms with Gasteiger partial charge in [0, 0.05) is 36.9 Å². The molecule has 0 aliphatic rings. The van der Waals surface area contributed by atoms with E-state index in [4.69, 9.17) is 15.0 Å². The Bertz CT molecular complexity index is 3650. The molecular formula is C57H35N3S. The summed E-state index contributed by atoms with van der Waals surface area (Å²) in [7, 11) is 0. The fourth-order valence-electron chi connectivity index (χ4n) is 9.16. The summed E-state index contributed by atoms with van der Waals surface area (Å²) in [6.07, 6.45) is 0. The first-order valence-electron chi connectivity index (χ1n) is 20.6. The van der Waals surface area contributed by atoms with Crippen LogP contribution in [-0.2, 0) is 0 Å². The van der Waals surface area contributed by atoms with Crippen LogP contribution in [0.15, 0.2) is 212 Å². The molecule has 0 saturated carbocycles. The third kappa shape index (κ3) is 5.91. The van der Waals surface area contributed by atoms with E-state index in [0.717, 1.165) is 44.0 Å². The normalized spacial score (nSPS) is 11.6. The summed E-state index contributed by atoms with van der Waals surface area (Å²) >= 11 is 1.79. The van der Waals surface area contributed by atoms with Gasteiger partial charge in [0.15, 0.2) is 17.5 Å². The zero-order valence-electron chi connectivity index (χ0n) is 33.0. The van der Waals surface area contributed by atoms with Crippen molar-refractivity contribution in [2.75, 3.05) is 0 Å². The van der Waals surface area contributed by atoms with E-state index >= 15 is 0 Å². The Morgan fingerprint density at radius 1 is 0.262 bits per heavy atom. The molecule has 4 heteroatoms. The lowest BCUT2D eigenvalue weighted by Gasteiger charge is -2.19. The van der Waals surface area contributed by atoms with Crippen molar-refractivity contribution in [3.8, 4) is 67.5 Å². The Morgan fingerprint density at radius 3 is 1.51 bits per heavy atom. The first-order valence-corrected chi connectivity index (χ1v) is 21.4. The molecule has 0 N–H and O–H groups in total. The van der Waals surface area contributed by atoms with E-state index in [1.165, 1.54) is 58.6 Å². The molecule has 0 aliphatic carbocycles. The number of nitrogens with zero attached hydrogens (tertiary/aromatic N) is 3. The molecular weight excluding hydrogens is 759 g/mol. The second kappa shape index (κ2) is 14.5. The molecule has 2 heterocycles. The lowest BCUT2D eigenvalue weighted by Crippen LogP contribution is -2.02. The van der Waals surface area contributed by atoms with Crippen molar-refractivity contribution in [2.24, 2.45) is 0 Å². The highest BCUT2D eigenvalue weighted by molar-refractivity contribution is 7.26. The molecule has 0 atom stereocenters. The van der Waals surface area contributed by atoms with Crippen molar-refractivity contribution in [1.29, 1.82) is 0 Å². The number of thiophene rings is 1. The Balaban J connectivity index is 1.13. The second-order valence-electron chi connectivity index (χ2n) is 15.4. The molecule has 0 radical (unpaired) electrons. The Hall–Kier alpha value is -7.79. The van der Waals surface area contributed by atoms with Crippen LogP contribution in [0, 0.1) is 0 Å². The van der Waals surface area contributed by atoms with Crippen molar-refractivity contribution >= 4 is 63.8 Å². The minimum Gasteiger partial charge on any atom is -0.208 e. The summed E-state index contributed by atoms with van der Waals surface area (Å²) in [5.41, 5.74) is 9.95. The highest BCUT2D eigenvalue weighted by atomic mass is 32.1. The number of aromatic nitrogens is 3. The molecule has 3 nitrogen and oxygen atoms in total. The molecule has 0 spiro atoms. The molecule has 0 amide bonds. The van der Waals surface area contributed by atoms with Gasteiger partial charge in [-0.3, -0.25) is 0 Å². The van der Waals surface area contributed by atoms with Gasteiger partial charge in [0.2, 0.25) is 0 Å². The molecule has 10 aromatic carbocycles. The minimum atomic E-state index is 0.641. The van der Waals surface area contributed by atoms with Crippen LogP contribution in [-0.4, -0.2) is 15.0 Å². The molecule has 12 rings (SSSR count). The zero-order valence-corrected chi connectivity index (χ0v) is 33.8. The van der Waals surface area contributed by atoms with E-state index in [9.17, 15) is 0 Å². The first kappa shape index (κ1) is 35.2. The molecule has 284 valence electrons. The molecule has 0 fully saturated rings. The van der Waals surface area contributed by atoms with Crippen LogP contribution in [0.4, 0.5) is 0 Å². The quantitative estimate of drug-likeness (QED) is 0.168. The number of hydrogen-bond acceptors (Lipinski definition) is 4. The van der Waals surface area contributed by atoms with Gasteiger partial charge in [-0.25, -0.2) is 15.0 Å². The summed E-state index contributed by atoms with van der Waals surface area (Å²) < 4.78 is 2.41. The maximum Gasteiger partial charge on any atom is 0.165 e. The lowest BCUT2D eigenvalue weighted by atomic mass is 9.84. The fraction of sp³-hybridized carbons (Fsp3) is 0. The fourth-order valence-corrected chi connectivity index (χ4v) is 10.4. The van der Waals surface area contributed by atoms with Crippen molar-refractivity contribution in [3.05, 3.63) is 212 Å². The Kier molecular flexibility index (Phi) is 8.36. The highest BCUT2D eigenvalue weighted by Gasteiger charge is 2.23. The van der Waals surface area contributed by atoms with Gasteiger partial charge in [0.25, 0.3) is 0 Å². The van der Waals surface area contributed by atoms with Gasteiger partial charge in [-0.15, -0.1) is 11.3 Å². The molecule has 0 saturated heterocycles. The Morgan fingerprint density at radius 2 is 0.770 bits per heavy atom. The highest BCUT2D eigenvalue weighted by Crippen LogP contribution is 2.46. The topological polar surface area (TPSA) is 38.7 Å². The maximum atomic E-state index is 5.46. The Labute approximate surface area is 356 Å². The van der Waals surface area contributed by atoms with Crippen molar-refractivity contribution in [2.45, 2.75) is 0 Å². The molecule has 12 aromatic rings. The average Bonchev–Trinajstić information content (AvgIpc) is 3.72. The standard InChI is InChI=1S/C57H35N3S/c1-3-16-36(17-4-1)42-32-30-37-18-7-9-22-40(37)52(42)47-35-34-45(43-24-11-12-25-44(43)47)48-33-31-38-19-8-10-23-41(38)53(48)57-59-55(39-20-5-2-6-21-39)58-56(60-57)50-28-15-27-49-46-26-13-14-29-51(46)61-54(49)50/h1-35H. The van der Waals surface area contributed by atoms with E-state index in [2.05, 4.69) is 194 Å². The van der Waals surface area contributed by atoms with Gasteiger partial charge in [0.1, 0.15) is 0 Å². The zero-order chi connectivity index (χ0) is 40.3.